The lowest BCUT2D eigenvalue weighted by Gasteiger charge is -2.16. The van der Waals surface area contributed by atoms with Crippen molar-refractivity contribution in [3.05, 3.63) is 12.4 Å². The highest BCUT2D eigenvalue weighted by Crippen LogP contribution is 2.18. The molecule has 1 aromatic rings. The van der Waals surface area contributed by atoms with Gasteiger partial charge in [-0.3, -0.25) is 4.68 Å². The van der Waals surface area contributed by atoms with E-state index in [9.17, 15) is 18.0 Å². The Morgan fingerprint density at radius 2 is 2.21 bits per heavy atom. The maximum absolute atomic E-state index is 12.1. The highest BCUT2D eigenvalue weighted by Gasteiger charge is 2.28. The number of hydrogen-bond acceptors (Lipinski definition) is 2. The third-order valence-corrected chi connectivity index (χ3v) is 2.42. The first-order chi connectivity index (χ1) is 8.81. The monoisotopic (exact) mass is 278 g/mol. The predicted molar refractivity (Wildman–Crippen MR) is 64.8 cm³/mol. The second kappa shape index (κ2) is 6.44. The van der Waals surface area contributed by atoms with Crippen LogP contribution in [-0.2, 0) is 6.54 Å². The van der Waals surface area contributed by atoms with Crippen molar-refractivity contribution in [3.8, 4) is 0 Å². The van der Waals surface area contributed by atoms with E-state index >= 15 is 0 Å². The highest BCUT2D eigenvalue weighted by molar-refractivity contribution is 5.88. The zero-order chi connectivity index (χ0) is 14.5. The molecule has 19 heavy (non-hydrogen) atoms. The van der Waals surface area contributed by atoms with Crippen LogP contribution in [0.3, 0.4) is 0 Å². The summed E-state index contributed by atoms with van der Waals surface area (Å²) in [6.45, 7) is 1.43. The minimum Gasteiger partial charge on any atom is -0.328 e. The Morgan fingerprint density at radius 3 is 2.79 bits per heavy atom. The Labute approximate surface area is 109 Å². The number of carbonyl (C=O) groups is 1. The summed E-state index contributed by atoms with van der Waals surface area (Å²) in [4.78, 5) is 13.1. The molecule has 8 heteroatoms. The van der Waals surface area contributed by atoms with Gasteiger partial charge in [0.15, 0.2) is 0 Å². The summed E-state index contributed by atoms with van der Waals surface area (Å²) < 4.78 is 37.1. The molecule has 0 radical (unpaired) electrons. The van der Waals surface area contributed by atoms with Crippen molar-refractivity contribution in [2.45, 2.75) is 32.5 Å². The standard InChI is InChI=1S/C11H17F3N4O/c1-3-4-5-17(2)10(19)16-9-6-15-18(7-9)8-11(12,13)14/h6-7H,3-5,8H2,1-2H3,(H,16,19). The molecule has 0 atom stereocenters. The first-order valence-corrected chi connectivity index (χ1v) is 5.93. The largest absolute Gasteiger partial charge is 0.408 e. The average molecular weight is 278 g/mol. The van der Waals surface area contributed by atoms with Crippen LogP contribution in [0.5, 0.6) is 0 Å². The van der Waals surface area contributed by atoms with Crippen molar-refractivity contribution >= 4 is 11.7 Å². The van der Waals surface area contributed by atoms with E-state index in [2.05, 4.69) is 10.4 Å². The van der Waals surface area contributed by atoms with Crippen LogP contribution in [0.15, 0.2) is 12.4 Å². The molecule has 0 saturated heterocycles. The van der Waals surface area contributed by atoms with Crippen LogP contribution in [0.1, 0.15) is 19.8 Å². The maximum Gasteiger partial charge on any atom is 0.408 e. The van der Waals surface area contributed by atoms with Gasteiger partial charge in [-0.15, -0.1) is 0 Å². The molecule has 2 amide bonds. The molecule has 1 rings (SSSR count). The second-order valence-corrected chi connectivity index (χ2v) is 4.25. The van der Waals surface area contributed by atoms with Crippen LogP contribution in [-0.4, -0.2) is 40.5 Å². The van der Waals surface area contributed by atoms with Gasteiger partial charge in [-0.2, -0.15) is 18.3 Å². The van der Waals surface area contributed by atoms with Crippen molar-refractivity contribution in [1.29, 1.82) is 0 Å². The van der Waals surface area contributed by atoms with E-state index in [0.29, 0.717) is 6.54 Å². The maximum atomic E-state index is 12.1. The molecule has 0 fully saturated rings. The summed E-state index contributed by atoms with van der Waals surface area (Å²) in [5, 5.41) is 6.03. The van der Waals surface area contributed by atoms with E-state index in [0.717, 1.165) is 23.7 Å². The topological polar surface area (TPSA) is 50.2 Å². The number of nitrogens with one attached hydrogen (secondary N) is 1. The van der Waals surface area contributed by atoms with Crippen molar-refractivity contribution in [2.75, 3.05) is 18.9 Å². The van der Waals surface area contributed by atoms with Gasteiger partial charge in [0.05, 0.1) is 11.9 Å². The van der Waals surface area contributed by atoms with Gasteiger partial charge in [0.25, 0.3) is 0 Å². The molecule has 0 unspecified atom stereocenters. The molecule has 0 aromatic carbocycles. The highest BCUT2D eigenvalue weighted by atomic mass is 19.4. The number of hydrogen-bond donors (Lipinski definition) is 1. The van der Waals surface area contributed by atoms with E-state index in [1.165, 1.54) is 11.1 Å². The van der Waals surface area contributed by atoms with Crippen LogP contribution >= 0.6 is 0 Å². The quantitative estimate of drug-likeness (QED) is 0.900. The van der Waals surface area contributed by atoms with Crippen LogP contribution in [0.4, 0.5) is 23.7 Å². The molecule has 0 aliphatic heterocycles. The average Bonchev–Trinajstić information content (AvgIpc) is 2.70. The first-order valence-electron chi connectivity index (χ1n) is 5.93. The zero-order valence-corrected chi connectivity index (χ0v) is 10.9. The first kappa shape index (κ1) is 15.3. The van der Waals surface area contributed by atoms with Gasteiger partial charge in [0, 0.05) is 19.8 Å². The number of alkyl halides is 3. The smallest absolute Gasteiger partial charge is 0.328 e. The van der Waals surface area contributed by atoms with Gasteiger partial charge in [0.1, 0.15) is 6.54 Å². The molecule has 0 saturated carbocycles. The van der Waals surface area contributed by atoms with Crippen molar-refractivity contribution in [2.24, 2.45) is 0 Å². The van der Waals surface area contributed by atoms with Gasteiger partial charge in [0.2, 0.25) is 0 Å². The lowest BCUT2D eigenvalue weighted by atomic mass is 10.3. The van der Waals surface area contributed by atoms with E-state index in [4.69, 9.17) is 0 Å². The fraction of sp³-hybridized carbons (Fsp3) is 0.636. The van der Waals surface area contributed by atoms with Crippen molar-refractivity contribution in [3.63, 3.8) is 0 Å². The van der Waals surface area contributed by atoms with Gasteiger partial charge in [-0.1, -0.05) is 13.3 Å². The number of urea groups is 1. The van der Waals surface area contributed by atoms with Gasteiger partial charge >= 0.3 is 12.2 Å². The van der Waals surface area contributed by atoms with Crippen LogP contribution < -0.4 is 5.32 Å². The van der Waals surface area contributed by atoms with Gasteiger partial charge in [-0.05, 0) is 6.42 Å². The zero-order valence-electron chi connectivity index (χ0n) is 10.9. The number of amides is 2. The lowest BCUT2D eigenvalue weighted by molar-refractivity contribution is -0.142. The Morgan fingerprint density at radius 1 is 1.53 bits per heavy atom. The number of aromatic nitrogens is 2. The molecule has 108 valence electrons. The predicted octanol–water partition coefficient (Wildman–Crippen LogP) is 2.71. The molecule has 1 N–H and O–H groups in total. The summed E-state index contributed by atoms with van der Waals surface area (Å²) in [5.74, 6) is 0. The fourth-order valence-electron chi connectivity index (χ4n) is 1.41. The molecular weight excluding hydrogens is 261 g/mol. The number of nitrogens with zero attached hydrogens (tertiary/aromatic N) is 3. The second-order valence-electron chi connectivity index (χ2n) is 4.25. The molecular formula is C11H17F3N4O. The lowest BCUT2D eigenvalue weighted by Crippen LogP contribution is -2.31. The van der Waals surface area contributed by atoms with Crippen LogP contribution in [0, 0.1) is 0 Å². The van der Waals surface area contributed by atoms with Crippen LogP contribution in [0.25, 0.3) is 0 Å². The van der Waals surface area contributed by atoms with E-state index in [1.54, 1.807) is 7.05 Å². The van der Waals surface area contributed by atoms with Crippen LogP contribution in [0.2, 0.25) is 0 Å². The van der Waals surface area contributed by atoms with E-state index in [1.807, 2.05) is 6.92 Å². The summed E-state index contributed by atoms with van der Waals surface area (Å²) in [6, 6.07) is -0.361. The number of carbonyl (C=O) groups excluding carboxylic acids is 1. The van der Waals surface area contributed by atoms with E-state index in [-0.39, 0.29) is 11.7 Å². The SMILES string of the molecule is CCCCN(C)C(=O)Nc1cnn(CC(F)(F)F)c1. The normalized spacial score (nSPS) is 11.4. The van der Waals surface area contributed by atoms with E-state index < -0.39 is 12.7 Å². The Hall–Kier alpha value is -1.73. The molecule has 1 heterocycles. The minimum absolute atomic E-state index is 0.248. The fourth-order valence-corrected chi connectivity index (χ4v) is 1.41. The molecule has 0 aliphatic rings. The van der Waals surface area contributed by atoms with Gasteiger partial charge < -0.3 is 10.2 Å². The summed E-state index contributed by atoms with van der Waals surface area (Å²) in [6.07, 6.45) is -0.153. The van der Waals surface area contributed by atoms with Crippen molar-refractivity contribution in [1.82, 2.24) is 14.7 Å². The number of rotatable bonds is 5. The Kier molecular flexibility index (Phi) is 5.20. The molecule has 0 bridgehead atoms. The third kappa shape index (κ3) is 5.62. The molecule has 1 aromatic heterocycles. The summed E-state index contributed by atoms with van der Waals surface area (Å²) in [7, 11) is 1.63. The molecule has 5 nitrogen and oxygen atoms in total. The Balaban J connectivity index is 2.51. The molecule has 0 spiro atoms. The van der Waals surface area contributed by atoms with Crippen molar-refractivity contribution < 1.29 is 18.0 Å². The number of halogens is 3. The third-order valence-electron chi connectivity index (χ3n) is 2.42. The summed E-state index contributed by atoms with van der Waals surface area (Å²) >= 11 is 0. The van der Waals surface area contributed by atoms with Gasteiger partial charge in [-0.25, -0.2) is 4.79 Å². The minimum atomic E-state index is -4.33. The Bertz CT molecular complexity index is 416. The summed E-state index contributed by atoms with van der Waals surface area (Å²) in [5.41, 5.74) is 0.248. The number of unbranched alkanes of at least 4 members (excludes halogenated alkanes) is 1. The molecule has 0 aliphatic carbocycles. The number of anilines is 1.